The van der Waals surface area contributed by atoms with E-state index in [4.69, 9.17) is 4.74 Å². The van der Waals surface area contributed by atoms with Crippen molar-refractivity contribution in [1.82, 2.24) is 15.0 Å². The lowest BCUT2D eigenvalue weighted by molar-refractivity contribution is -0.146. The number of rotatable bonds is 11. The van der Waals surface area contributed by atoms with E-state index in [-0.39, 0.29) is 36.8 Å². The summed E-state index contributed by atoms with van der Waals surface area (Å²) in [6, 6.07) is 23.4. The maximum atomic E-state index is 16.8. The summed E-state index contributed by atoms with van der Waals surface area (Å²) in [6.45, 7) is 7.12. The highest BCUT2D eigenvalue weighted by Crippen LogP contribution is 2.61. The van der Waals surface area contributed by atoms with Gasteiger partial charge in [0.25, 0.3) is 5.91 Å². The smallest absolute Gasteiger partial charge is 0.264 e. The van der Waals surface area contributed by atoms with E-state index in [0.717, 1.165) is 73.9 Å². The molecule has 3 fully saturated rings. The number of aromatic nitrogens is 3. The van der Waals surface area contributed by atoms with Crippen molar-refractivity contribution in [1.29, 1.82) is 0 Å². The number of nitrogens with zero attached hydrogens (tertiary/aromatic N) is 6. The second kappa shape index (κ2) is 17.7. The molecule has 5 heterocycles. The van der Waals surface area contributed by atoms with Crippen LogP contribution in [0.25, 0.3) is 0 Å². The summed E-state index contributed by atoms with van der Waals surface area (Å²) in [5.41, 5.74) is 3.35. The van der Waals surface area contributed by atoms with Crippen LogP contribution < -0.4 is 14.7 Å². The van der Waals surface area contributed by atoms with Crippen molar-refractivity contribution < 1.29 is 28.3 Å². The molecule has 0 saturated carbocycles. The molecule has 5 atom stereocenters. The van der Waals surface area contributed by atoms with Gasteiger partial charge in [-0.2, -0.15) is 0 Å². The van der Waals surface area contributed by atoms with E-state index in [2.05, 4.69) is 10.3 Å². The molecule has 4 aliphatic rings. The van der Waals surface area contributed by atoms with Crippen LogP contribution in [0.4, 0.5) is 21.2 Å². The van der Waals surface area contributed by atoms with Gasteiger partial charge in [0.2, 0.25) is 20.2 Å². The summed E-state index contributed by atoms with van der Waals surface area (Å²) in [7, 11) is -3.48. The van der Waals surface area contributed by atoms with E-state index in [0.29, 0.717) is 55.8 Å². The van der Waals surface area contributed by atoms with Gasteiger partial charge in [0.1, 0.15) is 0 Å². The zero-order chi connectivity index (χ0) is 42.0. The van der Waals surface area contributed by atoms with Crippen LogP contribution in [-0.2, 0) is 37.8 Å². The number of aliphatic hydroxyl groups excluding tert-OH is 1. The average molecular weight is 835 g/mol. The molecule has 1 aromatic heterocycles. The molecule has 1 unspecified atom stereocenters. The zero-order valence-electron chi connectivity index (χ0n) is 35.3. The highest BCUT2D eigenvalue weighted by molar-refractivity contribution is 6.72. The first-order valence-corrected chi connectivity index (χ1v) is 25.0. The van der Waals surface area contributed by atoms with Crippen LogP contribution >= 0.6 is 0 Å². The standard InChI is InChI=1S/C47H59FN6O5Si/c1-33-45(60(2,3)48)42(24-27-51-31-40(49-50-51)38(32-55)35-17-9-8-10-18-35)59-47(33)39-29-37(53-26-14-7-5-12-21-44(53)57)22-23-41(39)54(46(47)58)30-34-16-15-19-36(28-34)52-25-13-6-4-11-20-43(52)56/h8-10,15-19,22-23,28-29,31,33,38,42,45,55H,4-7,11-14,20-21,24-27,30,32H2,1-3H3/t33-,38?,42+,45-,47+/m0/s1. The number of fused-ring (bicyclic) bond motifs is 2. The van der Waals surface area contributed by atoms with Gasteiger partial charge in [-0.15, -0.1) is 5.10 Å². The summed E-state index contributed by atoms with van der Waals surface area (Å²) in [4.78, 5) is 47.7. The Kier molecular flexibility index (Phi) is 12.4. The van der Waals surface area contributed by atoms with Gasteiger partial charge in [-0.05, 0) is 86.7 Å². The first kappa shape index (κ1) is 42.0. The maximum absolute atomic E-state index is 16.8. The summed E-state index contributed by atoms with van der Waals surface area (Å²) in [5, 5.41) is 19.1. The zero-order valence-corrected chi connectivity index (χ0v) is 36.3. The van der Waals surface area contributed by atoms with E-state index in [1.165, 1.54) is 0 Å². The van der Waals surface area contributed by atoms with Crippen LogP contribution in [0, 0.1) is 5.92 Å². The van der Waals surface area contributed by atoms with E-state index in [1.54, 1.807) is 22.7 Å². The largest absolute Gasteiger partial charge is 0.395 e. The van der Waals surface area contributed by atoms with Gasteiger partial charge in [0.15, 0.2) is 5.60 Å². The summed E-state index contributed by atoms with van der Waals surface area (Å²) in [5.74, 6) is -0.904. The molecule has 0 radical (unpaired) electrons. The van der Waals surface area contributed by atoms with Gasteiger partial charge in [-0.25, -0.2) is 0 Å². The average Bonchev–Trinajstić information content (AvgIpc) is 3.88. The minimum Gasteiger partial charge on any atom is -0.395 e. The molecule has 3 amide bonds. The molecule has 3 aromatic carbocycles. The van der Waals surface area contributed by atoms with Gasteiger partial charge in [0, 0.05) is 67.1 Å². The maximum Gasteiger partial charge on any atom is 0.264 e. The first-order valence-electron chi connectivity index (χ1n) is 22.1. The van der Waals surface area contributed by atoms with E-state index in [1.807, 2.05) is 95.7 Å². The van der Waals surface area contributed by atoms with Crippen molar-refractivity contribution in [2.45, 2.75) is 127 Å². The molecule has 8 rings (SSSR count). The molecule has 1 N–H and O–H groups in total. The Morgan fingerprint density at radius 1 is 0.850 bits per heavy atom. The molecule has 3 saturated heterocycles. The Bertz CT molecular complexity index is 2180. The minimum absolute atomic E-state index is 0.0665. The molecule has 4 aliphatic heterocycles. The van der Waals surface area contributed by atoms with Crippen LogP contribution in [0.2, 0.25) is 18.6 Å². The molecule has 13 heteroatoms. The van der Waals surface area contributed by atoms with Crippen molar-refractivity contribution in [3.63, 3.8) is 0 Å². The van der Waals surface area contributed by atoms with Gasteiger partial charge in [-0.3, -0.25) is 19.1 Å². The Morgan fingerprint density at radius 3 is 2.18 bits per heavy atom. The quantitative estimate of drug-likeness (QED) is 0.119. The molecule has 1 spiro atoms. The molecule has 60 heavy (non-hydrogen) atoms. The highest BCUT2D eigenvalue weighted by atomic mass is 28.4. The van der Waals surface area contributed by atoms with E-state index >= 15 is 8.90 Å². The molecule has 11 nitrogen and oxygen atoms in total. The second-order valence-electron chi connectivity index (χ2n) is 17.8. The monoisotopic (exact) mass is 834 g/mol. The van der Waals surface area contributed by atoms with E-state index in [9.17, 15) is 14.7 Å². The van der Waals surface area contributed by atoms with Crippen LogP contribution in [0.5, 0.6) is 0 Å². The van der Waals surface area contributed by atoms with Gasteiger partial charge in [-0.1, -0.05) is 80.3 Å². The number of benzene rings is 3. The van der Waals surface area contributed by atoms with Crippen LogP contribution in [0.3, 0.4) is 0 Å². The predicted octanol–water partition coefficient (Wildman–Crippen LogP) is 8.41. The summed E-state index contributed by atoms with van der Waals surface area (Å²) in [6.07, 6.45) is 10.4. The van der Waals surface area contributed by atoms with Crippen LogP contribution in [0.15, 0.2) is 79.0 Å². The fourth-order valence-corrected chi connectivity index (χ4v) is 12.9. The van der Waals surface area contributed by atoms with Crippen molar-refractivity contribution >= 4 is 43.2 Å². The number of carbonyl (C=O) groups excluding carboxylic acids is 3. The number of hydrogen-bond acceptors (Lipinski definition) is 7. The van der Waals surface area contributed by atoms with Crippen molar-refractivity contribution in [2.75, 3.05) is 34.4 Å². The lowest BCUT2D eigenvalue weighted by atomic mass is 9.82. The lowest BCUT2D eigenvalue weighted by Gasteiger charge is -2.32. The third kappa shape index (κ3) is 8.20. The number of aryl methyl sites for hydroxylation is 1. The second-order valence-corrected chi connectivity index (χ2v) is 21.6. The Hall–Kier alpha value is -4.72. The molecule has 318 valence electrons. The van der Waals surface area contributed by atoms with Crippen molar-refractivity contribution in [3.05, 3.63) is 101 Å². The van der Waals surface area contributed by atoms with E-state index < -0.39 is 31.6 Å². The van der Waals surface area contributed by atoms with Crippen molar-refractivity contribution in [2.24, 2.45) is 5.92 Å². The predicted molar refractivity (Wildman–Crippen MR) is 233 cm³/mol. The fourth-order valence-electron chi connectivity index (χ4n) is 10.4. The first-order chi connectivity index (χ1) is 29.0. The number of carbonyl (C=O) groups is 3. The normalized spacial score (nSPS) is 24.6. The van der Waals surface area contributed by atoms with Gasteiger partial charge < -0.3 is 28.7 Å². The van der Waals surface area contributed by atoms with Gasteiger partial charge >= 0.3 is 0 Å². The Balaban J connectivity index is 1.14. The number of hydrogen-bond donors (Lipinski definition) is 1. The molecular weight excluding hydrogens is 776 g/mol. The number of amides is 3. The number of aliphatic hydroxyl groups is 1. The molecule has 0 bridgehead atoms. The highest BCUT2D eigenvalue weighted by Gasteiger charge is 2.66. The lowest BCUT2D eigenvalue weighted by Crippen LogP contribution is -2.45. The third-order valence-electron chi connectivity index (χ3n) is 13.4. The van der Waals surface area contributed by atoms with Crippen LogP contribution in [0.1, 0.15) is 106 Å². The number of halogens is 1. The topological polar surface area (TPSA) is 121 Å². The molecule has 4 aromatic rings. The van der Waals surface area contributed by atoms with Crippen LogP contribution in [-0.4, -0.2) is 72.0 Å². The molecular formula is C47H59FN6O5Si. The Morgan fingerprint density at radius 2 is 1.52 bits per heavy atom. The third-order valence-corrected chi connectivity index (χ3v) is 15.9. The summed E-state index contributed by atoms with van der Waals surface area (Å²) < 4.78 is 25.7. The van der Waals surface area contributed by atoms with Crippen molar-refractivity contribution in [3.8, 4) is 0 Å². The van der Waals surface area contributed by atoms with Gasteiger partial charge in [0.05, 0.1) is 36.6 Å². The molecule has 0 aliphatic carbocycles. The number of ether oxygens (including phenoxy) is 1. The minimum atomic E-state index is -3.48. The fraction of sp³-hybridized carbons (Fsp3) is 0.511. The Labute approximate surface area is 354 Å². The SMILES string of the molecule is C[C@H]1[C@H]([Si](C)(C)F)[C@@H](CCn2cc(C(CO)c3ccccc3)nn2)O[C@]12C(=O)N(Cc1cccc(N3CCCCCCC3=O)c1)c1ccc(N3CCCCCCC3=O)cc12. The summed E-state index contributed by atoms with van der Waals surface area (Å²) >= 11 is 0. The number of anilines is 3.